The lowest BCUT2D eigenvalue weighted by atomic mass is 9.98. The SMILES string of the molecule is O=C1c2cc(-c3nc(-c4cccc(I)c4)[nH]c3-c3ccccc3)ccc2-c2ccc(-c3[nH]c(-c4cccc(I)c4)nc3-c3ccccc3)cc21. The largest absolute Gasteiger partial charge is 0.337 e. The van der Waals surface area contributed by atoms with Crippen LogP contribution >= 0.6 is 45.2 Å². The van der Waals surface area contributed by atoms with Gasteiger partial charge in [0.15, 0.2) is 5.78 Å². The van der Waals surface area contributed by atoms with Crippen LogP contribution in [0.3, 0.4) is 0 Å². The van der Waals surface area contributed by atoms with E-state index in [9.17, 15) is 4.79 Å². The number of hydrogen-bond acceptors (Lipinski definition) is 3. The summed E-state index contributed by atoms with van der Waals surface area (Å²) < 4.78 is 2.27. The van der Waals surface area contributed by atoms with E-state index < -0.39 is 0 Å². The smallest absolute Gasteiger partial charge is 0.194 e. The molecule has 0 bridgehead atoms. The predicted octanol–water partition coefficient (Wildman–Crippen LogP) is 11.6. The first-order valence-electron chi connectivity index (χ1n) is 16.2. The van der Waals surface area contributed by atoms with Crippen molar-refractivity contribution in [2.75, 3.05) is 0 Å². The molecule has 0 unspecified atom stereocenters. The summed E-state index contributed by atoms with van der Waals surface area (Å²) in [5.74, 6) is 1.58. The van der Waals surface area contributed by atoms with Crippen molar-refractivity contribution in [3.8, 4) is 78.9 Å². The van der Waals surface area contributed by atoms with Crippen LogP contribution in [-0.2, 0) is 0 Å². The van der Waals surface area contributed by atoms with Gasteiger partial charge in [-0.2, -0.15) is 0 Å². The van der Waals surface area contributed by atoms with Gasteiger partial charge in [-0.05, 0) is 92.7 Å². The zero-order chi connectivity index (χ0) is 33.8. The van der Waals surface area contributed by atoms with Gasteiger partial charge in [0.2, 0.25) is 0 Å². The number of imidazole rings is 2. The fraction of sp³-hybridized carbons (Fsp3) is 0. The van der Waals surface area contributed by atoms with E-state index in [2.05, 4.69) is 140 Å². The normalized spacial score (nSPS) is 11.8. The number of H-pyrrole nitrogens is 2. The molecule has 0 saturated heterocycles. The summed E-state index contributed by atoms with van der Waals surface area (Å²) in [4.78, 5) is 31.6. The van der Waals surface area contributed by atoms with Crippen molar-refractivity contribution in [2.45, 2.75) is 0 Å². The molecule has 7 heteroatoms. The number of nitrogens with one attached hydrogen (secondary N) is 2. The van der Waals surface area contributed by atoms with Crippen molar-refractivity contribution in [1.82, 2.24) is 19.9 Å². The van der Waals surface area contributed by atoms with Gasteiger partial charge in [-0.15, -0.1) is 0 Å². The van der Waals surface area contributed by atoms with Crippen molar-refractivity contribution in [3.05, 3.63) is 164 Å². The Morgan fingerprint density at radius 3 is 1.42 bits per heavy atom. The van der Waals surface area contributed by atoms with E-state index in [0.29, 0.717) is 11.1 Å². The number of halogens is 2. The molecule has 9 rings (SSSR count). The quantitative estimate of drug-likeness (QED) is 0.164. The third-order valence-electron chi connectivity index (χ3n) is 9.09. The van der Waals surface area contributed by atoms with E-state index >= 15 is 0 Å². The number of rotatable bonds is 6. The molecule has 0 aliphatic heterocycles. The minimum Gasteiger partial charge on any atom is -0.337 e. The van der Waals surface area contributed by atoms with E-state index in [1.54, 1.807) is 0 Å². The fourth-order valence-corrected chi connectivity index (χ4v) is 7.80. The van der Waals surface area contributed by atoms with Crippen molar-refractivity contribution in [2.24, 2.45) is 0 Å². The van der Waals surface area contributed by atoms with Gasteiger partial charge in [-0.1, -0.05) is 109 Å². The minimum atomic E-state index is 0.00643. The molecule has 0 spiro atoms. The summed E-state index contributed by atoms with van der Waals surface area (Å²) in [6.45, 7) is 0. The van der Waals surface area contributed by atoms with Crippen LogP contribution in [0.5, 0.6) is 0 Å². The van der Waals surface area contributed by atoms with Gasteiger partial charge in [0.25, 0.3) is 0 Å². The maximum Gasteiger partial charge on any atom is 0.194 e. The van der Waals surface area contributed by atoms with Gasteiger partial charge in [0.05, 0.1) is 22.8 Å². The van der Waals surface area contributed by atoms with Crippen molar-refractivity contribution >= 4 is 51.0 Å². The molecule has 0 amide bonds. The standard InChI is InChI=1S/C43H26I2N4O/c44-31-15-7-13-29(21-31)42-46-37(25-9-3-1-4-10-25)39(48-42)27-17-19-33-34-20-18-28(24-36(34)41(50)35(33)23-27)40-38(26-11-5-2-6-12-26)47-43(49-40)30-14-8-16-32(45)22-30/h1-24H,(H,46,48)(H,47,49). The van der Waals surface area contributed by atoms with Gasteiger partial charge < -0.3 is 9.97 Å². The van der Waals surface area contributed by atoms with Gasteiger partial charge in [0.1, 0.15) is 11.6 Å². The van der Waals surface area contributed by atoms with Crippen LogP contribution in [-0.4, -0.2) is 25.7 Å². The summed E-state index contributed by atoms with van der Waals surface area (Å²) in [6, 6.07) is 49.3. The van der Waals surface area contributed by atoms with E-state index in [4.69, 9.17) is 9.97 Å². The molecule has 2 aromatic heterocycles. The predicted molar refractivity (Wildman–Crippen MR) is 218 cm³/mol. The second-order valence-electron chi connectivity index (χ2n) is 12.2. The molecule has 1 aliphatic carbocycles. The molecule has 5 nitrogen and oxygen atoms in total. The van der Waals surface area contributed by atoms with Crippen LogP contribution in [0.1, 0.15) is 15.9 Å². The van der Waals surface area contributed by atoms with Crippen LogP contribution in [0, 0.1) is 7.14 Å². The van der Waals surface area contributed by atoms with Gasteiger partial charge >= 0.3 is 0 Å². The highest BCUT2D eigenvalue weighted by Gasteiger charge is 2.29. The summed E-state index contributed by atoms with van der Waals surface area (Å²) in [5, 5.41) is 0. The Labute approximate surface area is 316 Å². The lowest BCUT2D eigenvalue weighted by molar-refractivity contribution is 0.104. The minimum absolute atomic E-state index is 0.00643. The molecule has 6 aromatic carbocycles. The molecule has 2 N–H and O–H groups in total. The average molecular weight is 869 g/mol. The first-order valence-corrected chi connectivity index (χ1v) is 18.3. The molecule has 0 radical (unpaired) electrons. The number of benzene rings is 6. The Morgan fingerprint density at radius 2 is 0.860 bits per heavy atom. The molecule has 238 valence electrons. The summed E-state index contributed by atoms with van der Waals surface area (Å²) >= 11 is 4.65. The Kier molecular flexibility index (Phi) is 7.81. The molecule has 2 heterocycles. The second kappa shape index (κ2) is 12.6. The zero-order valence-electron chi connectivity index (χ0n) is 26.4. The van der Waals surface area contributed by atoms with Crippen molar-refractivity contribution < 1.29 is 4.79 Å². The summed E-state index contributed by atoms with van der Waals surface area (Å²) in [6.07, 6.45) is 0. The third kappa shape index (κ3) is 5.50. The molecule has 50 heavy (non-hydrogen) atoms. The average Bonchev–Trinajstić information content (AvgIpc) is 3.88. The number of carbonyl (C=O) groups is 1. The second-order valence-corrected chi connectivity index (χ2v) is 14.7. The molecule has 0 atom stereocenters. The molecule has 0 saturated carbocycles. The number of fused-ring (bicyclic) bond motifs is 3. The first kappa shape index (κ1) is 30.9. The van der Waals surface area contributed by atoms with Crippen molar-refractivity contribution in [3.63, 3.8) is 0 Å². The number of ketones is 1. The van der Waals surface area contributed by atoms with E-state index in [1.807, 2.05) is 60.7 Å². The number of nitrogens with zero attached hydrogens (tertiary/aromatic N) is 2. The lowest BCUT2D eigenvalue weighted by Gasteiger charge is -2.07. The first-order chi connectivity index (χ1) is 24.5. The molecule has 8 aromatic rings. The molecule has 0 fully saturated rings. The highest BCUT2D eigenvalue weighted by Crippen LogP contribution is 2.43. The van der Waals surface area contributed by atoms with Crippen LogP contribution in [0.15, 0.2) is 146 Å². The molecular weight excluding hydrogens is 842 g/mol. The molecule has 1 aliphatic rings. The number of hydrogen-bond donors (Lipinski definition) is 2. The van der Waals surface area contributed by atoms with Gasteiger partial charge in [0, 0.05) is 51.6 Å². The number of aromatic nitrogens is 4. The Balaban J connectivity index is 1.13. The highest BCUT2D eigenvalue weighted by atomic mass is 127. The Hall–Kier alpha value is -5.13. The Bertz CT molecular complexity index is 2410. The number of aromatic amines is 2. The van der Waals surface area contributed by atoms with Crippen LogP contribution in [0.2, 0.25) is 0 Å². The maximum absolute atomic E-state index is 14.2. The monoisotopic (exact) mass is 868 g/mol. The maximum atomic E-state index is 14.2. The van der Waals surface area contributed by atoms with Crippen LogP contribution in [0.25, 0.3) is 78.9 Å². The lowest BCUT2D eigenvalue weighted by Crippen LogP contribution is -1.96. The number of carbonyl (C=O) groups excluding carboxylic acids is 1. The third-order valence-corrected chi connectivity index (χ3v) is 10.4. The topological polar surface area (TPSA) is 74.4 Å². The zero-order valence-corrected chi connectivity index (χ0v) is 30.7. The van der Waals surface area contributed by atoms with Crippen molar-refractivity contribution in [1.29, 1.82) is 0 Å². The van der Waals surface area contributed by atoms with E-state index in [1.165, 1.54) is 0 Å². The van der Waals surface area contributed by atoms with Gasteiger partial charge in [-0.3, -0.25) is 4.79 Å². The summed E-state index contributed by atoms with van der Waals surface area (Å²) in [7, 11) is 0. The van der Waals surface area contributed by atoms with Crippen LogP contribution < -0.4 is 0 Å². The van der Waals surface area contributed by atoms with Gasteiger partial charge in [-0.25, -0.2) is 9.97 Å². The van der Waals surface area contributed by atoms with E-state index in [-0.39, 0.29) is 5.78 Å². The van der Waals surface area contributed by atoms with Crippen LogP contribution in [0.4, 0.5) is 0 Å². The molecular formula is C43H26I2N4O. The Morgan fingerprint density at radius 1 is 0.400 bits per heavy atom. The van der Waals surface area contributed by atoms with E-state index in [0.717, 1.165) is 86.1 Å². The fourth-order valence-electron chi connectivity index (χ4n) is 6.71. The summed E-state index contributed by atoms with van der Waals surface area (Å²) in [5.41, 5.74) is 12.5. The highest BCUT2D eigenvalue weighted by molar-refractivity contribution is 14.1.